The van der Waals surface area contributed by atoms with Crippen molar-refractivity contribution in [3.63, 3.8) is 0 Å². The fourth-order valence-electron chi connectivity index (χ4n) is 1.77. The average Bonchev–Trinajstić information content (AvgIpc) is 2.58. The van der Waals surface area contributed by atoms with Crippen LogP contribution in [0.3, 0.4) is 0 Å². The SMILES string of the molecule is CC(C)S/C(=N\Sc1ccccc1[N+](=O)[O-])SCc1ccccc1. The lowest BCUT2D eigenvalue weighted by Crippen LogP contribution is -1.95. The third kappa shape index (κ3) is 6.22. The molecule has 126 valence electrons. The van der Waals surface area contributed by atoms with Crippen LogP contribution in [0.2, 0.25) is 0 Å². The minimum Gasteiger partial charge on any atom is -0.258 e. The second-order valence-corrected chi connectivity index (χ2v) is 8.71. The Morgan fingerprint density at radius 1 is 1.12 bits per heavy atom. The Kier molecular flexibility index (Phi) is 7.68. The summed E-state index contributed by atoms with van der Waals surface area (Å²) < 4.78 is 5.47. The van der Waals surface area contributed by atoms with Gasteiger partial charge in [0.05, 0.1) is 4.92 Å². The molecule has 24 heavy (non-hydrogen) atoms. The molecule has 0 saturated heterocycles. The van der Waals surface area contributed by atoms with Crippen molar-refractivity contribution in [1.82, 2.24) is 0 Å². The number of nitrogens with zero attached hydrogens (tertiary/aromatic N) is 2. The van der Waals surface area contributed by atoms with Crippen LogP contribution >= 0.6 is 35.5 Å². The van der Waals surface area contributed by atoms with Gasteiger partial charge in [0.25, 0.3) is 5.69 Å². The highest BCUT2D eigenvalue weighted by molar-refractivity contribution is 8.39. The molecule has 4 nitrogen and oxygen atoms in total. The van der Waals surface area contributed by atoms with E-state index in [0.717, 1.165) is 10.1 Å². The summed E-state index contributed by atoms with van der Waals surface area (Å²) in [5.41, 5.74) is 1.32. The first-order chi connectivity index (χ1) is 11.6. The summed E-state index contributed by atoms with van der Waals surface area (Å²) in [5.74, 6) is 0.830. The minimum absolute atomic E-state index is 0.0909. The normalized spacial score (nSPS) is 11.7. The van der Waals surface area contributed by atoms with E-state index in [-0.39, 0.29) is 10.6 Å². The van der Waals surface area contributed by atoms with Crippen LogP contribution in [0.4, 0.5) is 5.69 Å². The van der Waals surface area contributed by atoms with Gasteiger partial charge < -0.3 is 0 Å². The smallest absolute Gasteiger partial charge is 0.258 e. The van der Waals surface area contributed by atoms with Crippen LogP contribution in [-0.4, -0.2) is 14.5 Å². The number of nitro benzene ring substituents is 1. The highest BCUT2D eigenvalue weighted by Crippen LogP contribution is 2.33. The molecule has 2 aromatic rings. The fraction of sp³-hybridized carbons (Fsp3) is 0.235. The van der Waals surface area contributed by atoms with E-state index < -0.39 is 0 Å². The van der Waals surface area contributed by atoms with Gasteiger partial charge in [-0.1, -0.05) is 79.8 Å². The first-order valence-corrected chi connectivity index (χ1v) is 10.0. The largest absolute Gasteiger partial charge is 0.284 e. The van der Waals surface area contributed by atoms with Crippen molar-refractivity contribution in [2.45, 2.75) is 29.7 Å². The molecule has 0 bridgehead atoms. The van der Waals surface area contributed by atoms with E-state index >= 15 is 0 Å². The van der Waals surface area contributed by atoms with Crippen LogP contribution in [0.5, 0.6) is 0 Å². The number of nitro groups is 1. The summed E-state index contributed by atoms with van der Waals surface area (Å²) in [6.07, 6.45) is 0. The van der Waals surface area contributed by atoms with Crippen molar-refractivity contribution in [2.24, 2.45) is 4.40 Å². The van der Waals surface area contributed by atoms with Crippen LogP contribution in [0.25, 0.3) is 0 Å². The van der Waals surface area contributed by atoms with Gasteiger partial charge in [-0.25, -0.2) is 0 Å². The highest BCUT2D eigenvalue weighted by Gasteiger charge is 2.14. The van der Waals surface area contributed by atoms with Gasteiger partial charge in [0.2, 0.25) is 0 Å². The van der Waals surface area contributed by atoms with Crippen LogP contribution < -0.4 is 0 Å². The third-order valence-electron chi connectivity index (χ3n) is 2.82. The van der Waals surface area contributed by atoms with Gasteiger partial charge in [0, 0.05) is 29.0 Å². The molecule has 2 rings (SSSR count). The van der Waals surface area contributed by atoms with Gasteiger partial charge in [-0.3, -0.25) is 10.1 Å². The lowest BCUT2D eigenvalue weighted by Gasteiger charge is -2.08. The molecule has 0 aliphatic heterocycles. The molecule has 2 aromatic carbocycles. The molecule has 0 atom stereocenters. The van der Waals surface area contributed by atoms with E-state index in [1.807, 2.05) is 18.2 Å². The topological polar surface area (TPSA) is 55.5 Å². The lowest BCUT2D eigenvalue weighted by atomic mass is 10.2. The number of rotatable bonds is 6. The molecule has 0 heterocycles. The van der Waals surface area contributed by atoms with E-state index in [1.165, 1.54) is 23.6 Å². The molecule has 0 aliphatic rings. The van der Waals surface area contributed by atoms with Crippen molar-refractivity contribution in [3.8, 4) is 0 Å². The maximum Gasteiger partial charge on any atom is 0.284 e. The molecule has 0 unspecified atom stereocenters. The van der Waals surface area contributed by atoms with Crippen LogP contribution in [0.1, 0.15) is 19.4 Å². The second-order valence-electron chi connectivity index (χ2n) is 5.11. The summed E-state index contributed by atoms with van der Waals surface area (Å²) in [6, 6.07) is 16.9. The lowest BCUT2D eigenvalue weighted by molar-refractivity contribution is -0.387. The van der Waals surface area contributed by atoms with Crippen molar-refractivity contribution >= 4 is 45.5 Å². The maximum atomic E-state index is 11.1. The predicted octanol–water partition coefficient (Wildman–Crippen LogP) is 6.03. The van der Waals surface area contributed by atoms with Crippen molar-refractivity contribution in [2.75, 3.05) is 0 Å². The zero-order chi connectivity index (χ0) is 17.4. The zero-order valence-corrected chi connectivity index (χ0v) is 15.9. The Labute approximate surface area is 154 Å². The number of thioether (sulfide) groups is 2. The Morgan fingerprint density at radius 3 is 2.46 bits per heavy atom. The van der Waals surface area contributed by atoms with Gasteiger partial charge in [0.1, 0.15) is 9.27 Å². The number of hydrogen-bond acceptors (Lipinski definition) is 6. The molecule has 0 aliphatic carbocycles. The zero-order valence-electron chi connectivity index (χ0n) is 13.4. The number of benzene rings is 2. The van der Waals surface area contributed by atoms with E-state index in [2.05, 4.69) is 30.4 Å². The van der Waals surface area contributed by atoms with Crippen LogP contribution in [0, 0.1) is 10.1 Å². The average molecular weight is 379 g/mol. The summed E-state index contributed by atoms with van der Waals surface area (Å²) in [4.78, 5) is 11.3. The first-order valence-electron chi connectivity index (χ1n) is 7.38. The molecular weight excluding hydrogens is 360 g/mol. The molecule has 7 heteroatoms. The Bertz CT molecular complexity index is 706. The summed E-state index contributed by atoms with van der Waals surface area (Å²) in [6.45, 7) is 4.22. The highest BCUT2D eigenvalue weighted by atomic mass is 32.2. The van der Waals surface area contributed by atoms with Crippen molar-refractivity contribution in [1.29, 1.82) is 0 Å². The van der Waals surface area contributed by atoms with E-state index in [9.17, 15) is 10.1 Å². The van der Waals surface area contributed by atoms with Gasteiger partial charge in [-0.15, -0.1) is 0 Å². The molecule has 0 aromatic heterocycles. The van der Waals surface area contributed by atoms with E-state index in [4.69, 9.17) is 0 Å². The van der Waals surface area contributed by atoms with Gasteiger partial charge in [0.15, 0.2) is 0 Å². The summed E-state index contributed by atoms with van der Waals surface area (Å²) in [7, 11) is 0. The third-order valence-corrected chi connectivity index (χ3v) is 6.09. The van der Waals surface area contributed by atoms with Crippen LogP contribution in [0.15, 0.2) is 63.9 Å². The van der Waals surface area contributed by atoms with Gasteiger partial charge in [-0.05, 0) is 11.6 Å². The summed E-state index contributed by atoms with van der Waals surface area (Å²) in [5, 5.41) is 11.5. The quantitative estimate of drug-likeness (QED) is 0.202. The second kappa shape index (κ2) is 9.76. The van der Waals surface area contributed by atoms with Crippen LogP contribution in [-0.2, 0) is 5.75 Å². The Balaban J connectivity index is 2.09. The maximum absolute atomic E-state index is 11.1. The summed E-state index contributed by atoms with van der Waals surface area (Å²) >= 11 is 4.50. The standard InChI is InChI=1S/C17H18N2O2S3/c1-13(2)23-17(22-12-14-8-4-3-5-9-14)18-24-16-11-7-6-10-15(16)19(20)21/h3-11,13H,12H2,1-2H3/b18-17-. The van der Waals surface area contributed by atoms with Gasteiger partial charge >= 0.3 is 0 Å². The molecule has 0 saturated carbocycles. The molecular formula is C17H18N2O2S3. The fourth-order valence-corrected chi connectivity index (χ4v) is 4.84. The van der Waals surface area contributed by atoms with Crippen molar-refractivity contribution in [3.05, 3.63) is 70.3 Å². The van der Waals surface area contributed by atoms with Gasteiger partial charge in [-0.2, -0.15) is 4.40 Å². The van der Waals surface area contributed by atoms with Crippen molar-refractivity contribution < 1.29 is 4.92 Å². The minimum atomic E-state index is -0.371. The Hall–Kier alpha value is -1.44. The molecule has 0 radical (unpaired) electrons. The first kappa shape index (κ1) is 18.9. The number of para-hydroxylation sites is 1. The predicted molar refractivity (Wildman–Crippen MR) is 107 cm³/mol. The molecule has 0 spiro atoms. The number of hydrogen-bond donors (Lipinski definition) is 0. The molecule has 0 N–H and O–H groups in total. The Morgan fingerprint density at radius 2 is 1.79 bits per heavy atom. The monoisotopic (exact) mass is 378 g/mol. The van der Waals surface area contributed by atoms with E-state index in [0.29, 0.717) is 10.1 Å². The molecule has 0 fully saturated rings. The molecule has 0 amide bonds. The van der Waals surface area contributed by atoms with E-state index in [1.54, 1.807) is 41.7 Å².